The number of halogens is 2. The quantitative estimate of drug-likeness (QED) is 0.683. The van der Waals surface area contributed by atoms with E-state index in [2.05, 4.69) is 5.10 Å². The maximum Gasteiger partial charge on any atom is 0.227 e. The van der Waals surface area contributed by atoms with Crippen LogP contribution in [-0.4, -0.2) is 27.6 Å². The Balaban J connectivity index is 1.75. The average molecular weight is 369 g/mol. The van der Waals surface area contributed by atoms with Gasteiger partial charge in [-0.2, -0.15) is 5.10 Å². The highest BCUT2D eigenvalue weighted by atomic mass is 19.1. The van der Waals surface area contributed by atoms with Crippen molar-refractivity contribution in [2.75, 3.05) is 7.05 Å². The molecule has 1 heterocycles. The van der Waals surface area contributed by atoms with E-state index in [1.807, 2.05) is 13.8 Å². The molecule has 0 unspecified atom stereocenters. The highest BCUT2D eigenvalue weighted by molar-refractivity contribution is 5.79. The van der Waals surface area contributed by atoms with Crippen molar-refractivity contribution < 1.29 is 13.6 Å². The van der Waals surface area contributed by atoms with Gasteiger partial charge in [0.1, 0.15) is 11.6 Å². The van der Waals surface area contributed by atoms with E-state index in [0.29, 0.717) is 6.54 Å². The van der Waals surface area contributed by atoms with Gasteiger partial charge in [-0.25, -0.2) is 13.5 Å². The number of carbonyl (C=O) groups excluding carboxylic acids is 1. The number of carbonyl (C=O) groups is 1. The Kier molecular flexibility index (Phi) is 5.35. The number of aromatic nitrogens is 2. The zero-order valence-electron chi connectivity index (χ0n) is 15.5. The van der Waals surface area contributed by atoms with Gasteiger partial charge in [0.05, 0.1) is 17.8 Å². The van der Waals surface area contributed by atoms with Gasteiger partial charge in [-0.1, -0.05) is 12.1 Å². The molecule has 2 aromatic carbocycles. The lowest BCUT2D eigenvalue weighted by molar-refractivity contribution is -0.129. The predicted octanol–water partition coefficient (Wildman–Crippen LogP) is 3.97. The third kappa shape index (κ3) is 4.22. The first kappa shape index (κ1) is 18.8. The fourth-order valence-electron chi connectivity index (χ4n) is 3.00. The van der Waals surface area contributed by atoms with Gasteiger partial charge in [-0.3, -0.25) is 4.79 Å². The van der Waals surface area contributed by atoms with E-state index in [9.17, 15) is 13.6 Å². The van der Waals surface area contributed by atoms with Crippen LogP contribution in [-0.2, 0) is 17.8 Å². The van der Waals surface area contributed by atoms with Crippen LogP contribution in [0.2, 0.25) is 0 Å². The van der Waals surface area contributed by atoms with Crippen molar-refractivity contribution in [1.82, 2.24) is 14.7 Å². The number of hydrogen-bond donors (Lipinski definition) is 0. The van der Waals surface area contributed by atoms with E-state index < -0.39 is 0 Å². The topological polar surface area (TPSA) is 38.1 Å². The lowest BCUT2D eigenvalue weighted by atomic mass is 10.1. The van der Waals surface area contributed by atoms with Crippen LogP contribution in [0.25, 0.3) is 5.69 Å². The lowest BCUT2D eigenvalue weighted by Gasteiger charge is -2.17. The molecule has 1 amide bonds. The van der Waals surface area contributed by atoms with Gasteiger partial charge in [0.25, 0.3) is 0 Å². The van der Waals surface area contributed by atoms with Crippen LogP contribution < -0.4 is 0 Å². The summed E-state index contributed by atoms with van der Waals surface area (Å²) in [4.78, 5) is 14.3. The van der Waals surface area contributed by atoms with Gasteiger partial charge < -0.3 is 4.90 Å². The summed E-state index contributed by atoms with van der Waals surface area (Å²) >= 11 is 0. The Morgan fingerprint density at radius 1 is 1.00 bits per heavy atom. The summed E-state index contributed by atoms with van der Waals surface area (Å²) in [5.74, 6) is -0.658. The zero-order valence-corrected chi connectivity index (χ0v) is 15.5. The minimum Gasteiger partial charge on any atom is -0.341 e. The molecule has 1 aromatic heterocycles. The summed E-state index contributed by atoms with van der Waals surface area (Å²) in [7, 11) is 1.72. The third-order valence-corrected chi connectivity index (χ3v) is 4.60. The van der Waals surface area contributed by atoms with Crippen molar-refractivity contribution in [2.45, 2.75) is 26.8 Å². The molecule has 0 saturated heterocycles. The minimum absolute atomic E-state index is 0.0517. The number of nitrogens with zero attached hydrogens (tertiary/aromatic N) is 3. The van der Waals surface area contributed by atoms with E-state index in [1.54, 1.807) is 40.9 Å². The molecule has 0 aliphatic heterocycles. The number of aryl methyl sites for hydroxylation is 1. The number of rotatable bonds is 5. The summed E-state index contributed by atoms with van der Waals surface area (Å²) in [6, 6.07) is 12.2. The molecular formula is C21H21F2N3O. The Morgan fingerprint density at radius 3 is 2.15 bits per heavy atom. The monoisotopic (exact) mass is 369 g/mol. The highest BCUT2D eigenvalue weighted by Gasteiger charge is 2.18. The summed E-state index contributed by atoms with van der Waals surface area (Å²) in [5.41, 5.74) is 4.08. The van der Waals surface area contributed by atoms with Crippen LogP contribution >= 0.6 is 0 Å². The lowest BCUT2D eigenvalue weighted by Crippen LogP contribution is -2.28. The molecule has 0 radical (unpaired) electrons. The summed E-state index contributed by atoms with van der Waals surface area (Å²) in [6.07, 6.45) is 0.219. The van der Waals surface area contributed by atoms with Crippen LogP contribution in [0.5, 0.6) is 0 Å². The Morgan fingerprint density at radius 2 is 1.56 bits per heavy atom. The summed E-state index contributed by atoms with van der Waals surface area (Å²) in [6.45, 7) is 4.16. The van der Waals surface area contributed by atoms with Crippen molar-refractivity contribution >= 4 is 5.91 Å². The Labute approximate surface area is 157 Å². The predicted molar refractivity (Wildman–Crippen MR) is 99.6 cm³/mol. The number of benzene rings is 2. The van der Waals surface area contributed by atoms with E-state index in [1.165, 1.54) is 24.3 Å². The smallest absolute Gasteiger partial charge is 0.227 e. The van der Waals surface area contributed by atoms with Gasteiger partial charge in [0, 0.05) is 24.8 Å². The Hall–Kier alpha value is -3.02. The first-order valence-corrected chi connectivity index (χ1v) is 8.64. The maximum atomic E-state index is 13.1. The normalized spacial score (nSPS) is 10.9. The van der Waals surface area contributed by atoms with E-state index in [4.69, 9.17) is 0 Å². The second-order valence-corrected chi connectivity index (χ2v) is 6.59. The molecule has 0 atom stereocenters. The minimum atomic E-state index is -0.307. The highest BCUT2D eigenvalue weighted by Crippen LogP contribution is 2.19. The molecule has 0 bridgehead atoms. The molecule has 0 spiro atoms. The second kappa shape index (κ2) is 7.70. The molecular weight excluding hydrogens is 348 g/mol. The molecule has 6 heteroatoms. The second-order valence-electron chi connectivity index (χ2n) is 6.59. The van der Waals surface area contributed by atoms with Crippen molar-refractivity contribution in [3.8, 4) is 5.69 Å². The molecule has 0 N–H and O–H groups in total. The van der Waals surface area contributed by atoms with Gasteiger partial charge in [0.2, 0.25) is 5.91 Å². The van der Waals surface area contributed by atoms with Gasteiger partial charge in [-0.15, -0.1) is 0 Å². The molecule has 3 aromatic rings. The molecule has 0 aliphatic rings. The molecule has 0 aliphatic carbocycles. The average Bonchev–Trinajstić information content (AvgIpc) is 2.92. The van der Waals surface area contributed by atoms with Crippen molar-refractivity contribution in [3.05, 3.63) is 82.7 Å². The van der Waals surface area contributed by atoms with Crippen molar-refractivity contribution in [1.29, 1.82) is 0 Å². The zero-order chi connectivity index (χ0) is 19.6. The largest absolute Gasteiger partial charge is 0.341 e. The van der Waals surface area contributed by atoms with Crippen LogP contribution in [0.15, 0.2) is 48.5 Å². The van der Waals surface area contributed by atoms with Crippen LogP contribution in [0, 0.1) is 25.5 Å². The van der Waals surface area contributed by atoms with Crippen LogP contribution in [0.4, 0.5) is 8.78 Å². The van der Waals surface area contributed by atoms with Gasteiger partial charge in [0.15, 0.2) is 0 Å². The Bertz CT molecular complexity index is 947. The van der Waals surface area contributed by atoms with Crippen LogP contribution in [0.3, 0.4) is 0 Å². The number of amides is 1. The number of likely N-dealkylation sites (N-methyl/N-ethyl adjacent to an activating group) is 1. The molecule has 3 rings (SSSR count). The van der Waals surface area contributed by atoms with Gasteiger partial charge in [-0.05, 0) is 55.8 Å². The maximum absolute atomic E-state index is 13.1. The summed E-state index contributed by atoms with van der Waals surface area (Å²) < 4.78 is 27.9. The van der Waals surface area contributed by atoms with Crippen LogP contribution in [0.1, 0.15) is 22.5 Å². The SMILES string of the molecule is Cc1nn(-c2ccc(F)cc2)c(C)c1CC(=O)N(C)Cc1ccc(F)cc1. The number of hydrogen-bond acceptors (Lipinski definition) is 2. The molecule has 27 heavy (non-hydrogen) atoms. The molecule has 0 fully saturated rings. The first-order chi connectivity index (χ1) is 12.8. The van der Waals surface area contributed by atoms with Crippen molar-refractivity contribution in [2.24, 2.45) is 0 Å². The van der Waals surface area contributed by atoms with E-state index in [0.717, 1.165) is 28.2 Å². The van der Waals surface area contributed by atoms with E-state index >= 15 is 0 Å². The fraction of sp³-hybridized carbons (Fsp3) is 0.238. The van der Waals surface area contributed by atoms with Gasteiger partial charge >= 0.3 is 0 Å². The standard InChI is InChI=1S/C21H21F2N3O/c1-14-20(15(2)26(24-14)19-10-8-18(23)9-11-19)12-21(27)25(3)13-16-4-6-17(22)7-5-16/h4-11H,12-13H2,1-3H3. The molecule has 4 nitrogen and oxygen atoms in total. The molecule has 140 valence electrons. The molecule has 0 saturated carbocycles. The first-order valence-electron chi connectivity index (χ1n) is 8.64. The third-order valence-electron chi connectivity index (χ3n) is 4.60. The summed E-state index contributed by atoms with van der Waals surface area (Å²) in [5, 5.41) is 4.50. The van der Waals surface area contributed by atoms with Crippen molar-refractivity contribution in [3.63, 3.8) is 0 Å². The fourth-order valence-corrected chi connectivity index (χ4v) is 3.00. The van der Waals surface area contributed by atoms with E-state index in [-0.39, 0.29) is 24.0 Å².